The molecule has 4 aromatic heterocycles. The van der Waals surface area contributed by atoms with Gasteiger partial charge in [-0.05, 0) is 37.4 Å². The van der Waals surface area contributed by atoms with Crippen LogP contribution in [-0.2, 0) is 6.42 Å². The summed E-state index contributed by atoms with van der Waals surface area (Å²) in [6.07, 6.45) is 5.13. The van der Waals surface area contributed by atoms with E-state index in [0.717, 1.165) is 43.6 Å². The van der Waals surface area contributed by atoms with Crippen molar-refractivity contribution < 1.29 is 13.6 Å². The lowest BCUT2D eigenvalue weighted by Crippen LogP contribution is -2.44. The van der Waals surface area contributed by atoms with E-state index in [1.165, 1.54) is 12.3 Å². The first-order valence-electron chi connectivity index (χ1n) is 11.4. The summed E-state index contributed by atoms with van der Waals surface area (Å²) in [5.74, 6) is 0.761. The molecule has 5 rings (SSSR count). The molecule has 0 atom stereocenters. The van der Waals surface area contributed by atoms with Crippen LogP contribution in [0.4, 0.5) is 14.6 Å². The maximum Gasteiger partial charge on any atom is 0.265 e. The van der Waals surface area contributed by atoms with Crippen LogP contribution in [0.25, 0.3) is 22.0 Å². The molecule has 0 radical (unpaired) electrons. The molecule has 0 bridgehead atoms. The molecule has 0 aliphatic carbocycles. The number of aromatic nitrogens is 4. The van der Waals surface area contributed by atoms with Crippen molar-refractivity contribution in [2.45, 2.75) is 12.8 Å². The Bertz CT molecular complexity index is 1370. The van der Waals surface area contributed by atoms with Gasteiger partial charge in [0.2, 0.25) is 0 Å². The number of ketones is 1. The van der Waals surface area contributed by atoms with Crippen LogP contribution in [0, 0.1) is 0 Å². The molecule has 5 heterocycles. The van der Waals surface area contributed by atoms with E-state index in [9.17, 15) is 13.6 Å². The molecule has 1 aliphatic rings. The number of fused-ring (bicyclic) bond motifs is 1. The van der Waals surface area contributed by atoms with Crippen molar-refractivity contribution in [3.05, 3.63) is 78.1 Å². The highest BCUT2D eigenvalue weighted by Crippen LogP contribution is 2.26. The molecule has 0 aromatic carbocycles. The number of anilines is 1. The van der Waals surface area contributed by atoms with E-state index < -0.39 is 6.43 Å². The highest BCUT2D eigenvalue weighted by Gasteiger charge is 2.17. The summed E-state index contributed by atoms with van der Waals surface area (Å²) in [5, 5.41) is 0.774. The van der Waals surface area contributed by atoms with E-state index in [1.54, 1.807) is 24.7 Å². The summed E-state index contributed by atoms with van der Waals surface area (Å²) < 4.78 is 26.1. The first kappa shape index (κ1) is 22.9. The van der Waals surface area contributed by atoms with Gasteiger partial charge in [0, 0.05) is 84.3 Å². The van der Waals surface area contributed by atoms with Gasteiger partial charge in [-0.15, -0.1) is 0 Å². The van der Waals surface area contributed by atoms with Gasteiger partial charge >= 0.3 is 0 Å². The molecule has 35 heavy (non-hydrogen) atoms. The van der Waals surface area contributed by atoms with Crippen LogP contribution in [0.5, 0.6) is 0 Å². The Balaban J connectivity index is 1.36. The predicted molar refractivity (Wildman–Crippen MR) is 130 cm³/mol. The molecular formula is C26H24F2N6O. The highest BCUT2D eigenvalue weighted by molar-refractivity contribution is 5.98. The van der Waals surface area contributed by atoms with Crippen molar-refractivity contribution in [3.63, 3.8) is 0 Å². The van der Waals surface area contributed by atoms with Crippen LogP contribution in [0.2, 0.25) is 0 Å². The first-order chi connectivity index (χ1) is 17.0. The summed E-state index contributed by atoms with van der Waals surface area (Å²) >= 11 is 0. The van der Waals surface area contributed by atoms with Crippen LogP contribution < -0.4 is 4.90 Å². The molecule has 0 unspecified atom stereocenters. The number of halogens is 2. The molecule has 9 heteroatoms. The summed E-state index contributed by atoms with van der Waals surface area (Å²) in [5.41, 5.74) is 2.94. The molecule has 1 fully saturated rings. The number of piperazine rings is 1. The maximum absolute atomic E-state index is 13.1. The topological polar surface area (TPSA) is 75.1 Å². The van der Waals surface area contributed by atoms with E-state index in [4.69, 9.17) is 0 Å². The van der Waals surface area contributed by atoms with Crippen LogP contribution in [0.1, 0.15) is 28.0 Å². The number of Topliss-reactive ketones (excluding diaryl/α,β-unsaturated/α-hetero) is 1. The zero-order chi connectivity index (χ0) is 24.4. The molecule has 0 N–H and O–H groups in total. The number of carbonyl (C=O) groups is 1. The Morgan fingerprint density at radius 2 is 1.74 bits per heavy atom. The van der Waals surface area contributed by atoms with Crippen molar-refractivity contribution in [1.29, 1.82) is 0 Å². The van der Waals surface area contributed by atoms with E-state index in [1.807, 2.05) is 18.2 Å². The minimum absolute atomic E-state index is 0.0485. The van der Waals surface area contributed by atoms with Gasteiger partial charge in [0.05, 0.1) is 18.1 Å². The van der Waals surface area contributed by atoms with Gasteiger partial charge < -0.3 is 9.80 Å². The Kier molecular flexibility index (Phi) is 6.41. The van der Waals surface area contributed by atoms with E-state index in [0.29, 0.717) is 27.9 Å². The predicted octanol–water partition coefficient (Wildman–Crippen LogP) is 4.20. The summed E-state index contributed by atoms with van der Waals surface area (Å²) in [6, 6.07) is 8.65. The smallest absolute Gasteiger partial charge is 0.265 e. The van der Waals surface area contributed by atoms with Crippen molar-refractivity contribution in [2.75, 3.05) is 38.1 Å². The lowest BCUT2D eigenvalue weighted by molar-refractivity contribution is 0.0992. The van der Waals surface area contributed by atoms with Crippen LogP contribution in [0.15, 0.2) is 61.3 Å². The van der Waals surface area contributed by atoms with Crippen LogP contribution in [-0.4, -0.2) is 63.8 Å². The van der Waals surface area contributed by atoms with Crippen molar-refractivity contribution in [1.82, 2.24) is 24.8 Å². The minimum Gasteiger partial charge on any atom is -0.354 e. The molecule has 7 nitrogen and oxygen atoms in total. The fourth-order valence-corrected chi connectivity index (χ4v) is 4.13. The van der Waals surface area contributed by atoms with Crippen LogP contribution >= 0.6 is 0 Å². The second-order valence-electron chi connectivity index (χ2n) is 8.69. The number of hydrogen-bond acceptors (Lipinski definition) is 7. The largest absolute Gasteiger partial charge is 0.354 e. The zero-order valence-corrected chi connectivity index (χ0v) is 19.2. The molecule has 178 valence electrons. The molecule has 0 spiro atoms. The van der Waals surface area contributed by atoms with Crippen molar-refractivity contribution in [2.24, 2.45) is 0 Å². The molecular weight excluding hydrogens is 450 g/mol. The second-order valence-corrected chi connectivity index (χ2v) is 8.69. The Hall–Kier alpha value is -3.85. The number of pyridine rings is 4. The molecule has 4 aromatic rings. The number of carbonyl (C=O) groups excluding carboxylic acids is 1. The van der Waals surface area contributed by atoms with E-state index >= 15 is 0 Å². The highest BCUT2D eigenvalue weighted by atomic mass is 19.3. The third-order valence-electron chi connectivity index (χ3n) is 6.21. The fourth-order valence-electron chi connectivity index (χ4n) is 4.13. The Morgan fingerprint density at radius 3 is 2.54 bits per heavy atom. The average Bonchev–Trinajstić information content (AvgIpc) is 2.89. The lowest BCUT2D eigenvalue weighted by atomic mass is 10.0. The molecule has 0 saturated carbocycles. The number of likely N-dealkylation sites (N-methyl/N-ethyl adjacent to an activating group) is 1. The van der Waals surface area contributed by atoms with E-state index in [-0.39, 0.29) is 17.8 Å². The number of hydrogen-bond donors (Lipinski definition) is 0. The monoisotopic (exact) mass is 474 g/mol. The summed E-state index contributed by atoms with van der Waals surface area (Å²) in [4.78, 5) is 34.7. The summed E-state index contributed by atoms with van der Waals surface area (Å²) in [6.45, 7) is 3.66. The Labute approximate surface area is 201 Å². The third-order valence-corrected chi connectivity index (χ3v) is 6.21. The maximum atomic E-state index is 13.1. The van der Waals surface area contributed by atoms with Gasteiger partial charge in [0.25, 0.3) is 6.43 Å². The summed E-state index contributed by atoms with van der Waals surface area (Å²) in [7, 11) is 2.09. The standard InChI is InChI=1S/C26H24F2N6O/c1-33-4-6-34(7-5-33)25-11-17(2-3-30-25)24(35)12-22-10-18-8-20(15-32-23(18)16-31-22)19-9-21(26(27)28)14-29-13-19/h2-3,8-11,13-16,26H,4-7,12H2,1H3. The minimum atomic E-state index is -2.59. The second kappa shape index (κ2) is 9.79. The number of alkyl halides is 2. The van der Waals surface area contributed by atoms with Crippen molar-refractivity contribution in [3.8, 4) is 11.1 Å². The van der Waals surface area contributed by atoms with Crippen LogP contribution in [0.3, 0.4) is 0 Å². The third kappa shape index (κ3) is 5.14. The quantitative estimate of drug-likeness (QED) is 0.388. The average molecular weight is 475 g/mol. The molecule has 1 saturated heterocycles. The first-order valence-corrected chi connectivity index (χ1v) is 11.4. The molecule has 0 amide bonds. The zero-order valence-electron chi connectivity index (χ0n) is 19.2. The van der Waals surface area contributed by atoms with Gasteiger partial charge in [-0.25, -0.2) is 13.8 Å². The van der Waals surface area contributed by atoms with Gasteiger partial charge in [-0.1, -0.05) is 0 Å². The Morgan fingerprint density at radius 1 is 0.943 bits per heavy atom. The number of rotatable bonds is 6. The van der Waals surface area contributed by atoms with Gasteiger partial charge in [-0.3, -0.25) is 19.7 Å². The lowest BCUT2D eigenvalue weighted by Gasteiger charge is -2.33. The normalized spacial score (nSPS) is 14.6. The van der Waals surface area contributed by atoms with Crippen molar-refractivity contribution >= 4 is 22.5 Å². The van der Waals surface area contributed by atoms with Gasteiger partial charge in [0.1, 0.15) is 5.82 Å². The fraction of sp³-hybridized carbons (Fsp3) is 0.269. The SMILES string of the molecule is CN1CCN(c2cc(C(=O)Cc3cc4cc(-c5cncc(C(F)F)c5)cnc4cn3)ccn2)CC1. The number of nitrogens with zero attached hydrogens (tertiary/aromatic N) is 6. The molecule has 1 aliphatic heterocycles. The van der Waals surface area contributed by atoms with Gasteiger partial charge in [0.15, 0.2) is 5.78 Å². The van der Waals surface area contributed by atoms with Gasteiger partial charge in [-0.2, -0.15) is 0 Å². The van der Waals surface area contributed by atoms with E-state index in [2.05, 4.69) is 36.8 Å².